The Morgan fingerprint density at radius 1 is 1.06 bits per heavy atom. The zero-order valence-electron chi connectivity index (χ0n) is 18.6. The molecule has 0 aliphatic carbocycles. The van der Waals surface area contributed by atoms with Crippen LogP contribution >= 0.6 is 0 Å². The second-order valence-electron chi connectivity index (χ2n) is 8.15. The maximum atomic E-state index is 13.0. The molecule has 9 nitrogen and oxygen atoms in total. The number of benzene rings is 2. The highest BCUT2D eigenvalue weighted by atomic mass is 16.4. The lowest BCUT2D eigenvalue weighted by atomic mass is 10.0. The number of imidazole rings is 1. The van der Waals surface area contributed by atoms with Crippen molar-refractivity contribution in [1.29, 1.82) is 0 Å². The van der Waals surface area contributed by atoms with Gasteiger partial charge in [0.25, 0.3) is 5.91 Å². The molecule has 3 heterocycles. The lowest BCUT2D eigenvalue weighted by Gasteiger charge is -2.18. The summed E-state index contributed by atoms with van der Waals surface area (Å²) in [6, 6.07) is 16.3. The van der Waals surface area contributed by atoms with E-state index >= 15 is 0 Å². The van der Waals surface area contributed by atoms with Crippen LogP contribution in [-0.4, -0.2) is 41.1 Å². The molecule has 0 fully saturated rings. The first-order valence-corrected chi connectivity index (χ1v) is 10.8. The number of nitrogens with zero attached hydrogens (tertiary/aromatic N) is 5. The fraction of sp³-hybridized carbons (Fsp3) is 0.160. The average molecular weight is 454 g/mol. The molecule has 1 atom stereocenters. The SMILES string of the molecule is Cc1cc2ncc(C(=O)Nc3ccc4c(c3)ncn4C(CC(=O)O)c3ccccc3)c(C)n2n1. The maximum Gasteiger partial charge on any atom is 0.305 e. The molecule has 0 radical (unpaired) electrons. The van der Waals surface area contributed by atoms with Gasteiger partial charge in [0.1, 0.15) is 0 Å². The lowest BCUT2D eigenvalue weighted by molar-refractivity contribution is -0.137. The van der Waals surface area contributed by atoms with Gasteiger partial charge in [0.2, 0.25) is 0 Å². The lowest BCUT2D eigenvalue weighted by Crippen LogP contribution is -2.16. The van der Waals surface area contributed by atoms with Gasteiger partial charge < -0.3 is 15.0 Å². The number of hydrogen-bond acceptors (Lipinski definition) is 5. The summed E-state index contributed by atoms with van der Waals surface area (Å²) in [4.78, 5) is 33.3. The largest absolute Gasteiger partial charge is 0.481 e. The summed E-state index contributed by atoms with van der Waals surface area (Å²) < 4.78 is 3.51. The second kappa shape index (κ2) is 8.43. The number of aromatic nitrogens is 5. The van der Waals surface area contributed by atoms with Crippen molar-refractivity contribution >= 4 is 34.2 Å². The van der Waals surface area contributed by atoms with Gasteiger partial charge in [-0.2, -0.15) is 5.10 Å². The van der Waals surface area contributed by atoms with Gasteiger partial charge in [-0.25, -0.2) is 14.5 Å². The number of carbonyl (C=O) groups excluding carboxylic acids is 1. The molecule has 5 aromatic rings. The van der Waals surface area contributed by atoms with Gasteiger partial charge in [0.05, 0.1) is 46.8 Å². The third-order valence-corrected chi connectivity index (χ3v) is 5.81. The first kappa shape index (κ1) is 21.3. The van der Waals surface area contributed by atoms with Crippen LogP contribution in [-0.2, 0) is 4.79 Å². The van der Waals surface area contributed by atoms with Crippen molar-refractivity contribution in [2.45, 2.75) is 26.3 Å². The molecule has 0 aliphatic rings. The Balaban J connectivity index is 1.45. The number of anilines is 1. The molecule has 34 heavy (non-hydrogen) atoms. The van der Waals surface area contributed by atoms with Gasteiger partial charge in [-0.1, -0.05) is 30.3 Å². The molecular weight excluding hydrogens is 432 g/mol. The van der Waals surface area contributed by atoms with Crippen LogP contribution in [0.25, 0.3) is 16.7 Å². The number of carboxylic acids is 1. The van der Waals surface area contributed by atoms with Crippen LogP contribution in [0.5, 0.6) is 0 Å². The van der Waals surface area contributed by atoms with Crippen LogP contribution in [0.1, 0.15) is 39.8 Å². The molecular formula is C25H22N6O3. The Morgan fingerprint density at radius 3 is 2.62 bits per heavy atom. The van der Waals surface area contributed by atoms with Crippen LogP contribution in [0.3, 0.4) is 0 Å². The van der Waals surface area contributed by atoms with E-state index in [1.54, 1.807) is 29.2 Å². The minimum atomic E-state index is -0.895. The number of carboxylic acid groups (broad SMARTS) is 1. The summed E-state index contributed by atoms with van der Waals surface area (Å²) in [6.07, 6.45) is 3.11. The molecule has 5 rings (SSSR count). The Morgan fingerprint density at radius 2 is 1.85 bits per heavy atom. The summed E-state index contributed by atoms with van der Waals surface area (Å²) in [5.41, 5.74) is 5.52. The van der Waals surface area contributed by atoms with Gasteiger partial charge in [0.15, 0.2) is 5.65 Å². The molecule has 1 unspecified atom stereocenters. The minimum Gasteiger partial charge on any atom is -0.481 e. The molecule has 1 amide bonds. The summed E-state index contributed by atoms with van der Waals surface area (Å²) in [6.45, 7) is 3.70. The third kappa shape index (κ3) is 3.88. The van der Waals surface area contributed by atoms with Gasteiger partial charge in [0, 0.05) is 18.0 Å². The average Bonchev–Trinajstić information content (AvgIpc) is 3.41. The van der Waals surface area contributed by atoms with Crippen molar-refractivity contribution in [3.05, 3.63) is 89.6 Å². The smallest absolute Gasteiger partial charge is 0.305 e. The third-order valence-electron chi connectivity index (χ3n) is 5.81. The zero-order valence-corrected chi connectivity index (χ0v) is 18.6. The van der Waals surface area contributed by atoms with Crippen LogP contribution < -0.4 is 5.32 Å². The van der Waals surface area contributed by atoms with Gasteiger partial charge >= 0.3 is 5.97 Å². The predicted molar refractivity (Wildman–Crippen MR) is 127 cm³/mol. The molecule has 0 saturated heterocycles. The van der Waals surface area contributed by atoms with Crippen LogP contribution in [0.4, 0.5) is 5.69 Å². The Hall–Kier alpha value is -4.53. The number of rotatable bonds is 6. The van der Waals surface area contributed by atoms with Crippen LogP contribution in [0, 0.1) is 13.8 Å². The summed E-state index contributed by atoms with van der Waals surface area (Å²) in [5, 5.41) is 16.8. The quantitative estimate of drug-likeness (QED) is 0.401. The topological polar surface area (TPSA) is 114 Å². The molecule has 170 valence electrons. The number of aliphatic carboxylic acids is 1. The molecule has 0 saturated carbocycles. The highest BCUT2D eigenvalue weighted by molar-refractivity contribution is 6.05. The summed E-state index contributed by atoms with van der Waals surface area (Å²) in [7, 11) is 0. The van der Waals surface area contributed by atoms with E-state index in [0.717, 1.165) is 16.8 Å². The van der Waals surface area contributed by atoms with Crippen LogP contribution in [0.2, 0.25) is 0 Å². The standard InChI is InChI=1S/C25H22N6O3/c1-15-10-23-26-13-19(16(2)31(23)29-15)25(34)28-18-8-9-21-20(11-18)27-14-30(21)22(12-24(32)33)17-6-4-3-5-7-17/h3-11,13-14,22H,12H2,1-2H3,(H,28,34)(H,32,33). The van der Waals surface area contributed by atoms with Crippen molar-refractivity contribution in [1.82, 2.24) is 24.1 Å². The number of aryl methyl sites for hydroxylation is 2. The summed E-state index contributed by atoms with van der Waals surface area (Å²) >= 11 is 0. The first-order chi connectivity index (χ1) is 16.4. The molecule has 2 N–H and O–H groups in total. The second-order valence-corrected chi connectivity index (χ2v) is 8.15. The monoisotopic (exact) mass is 454 g/mol. The number of amides is 1. The number of hydrogen-bond donors (Lipinski definition) is 2. The van der Waals surface area contributed by atoms with Crippen molar-refractivity contribution < 1.29 is 14.7 Å². The zero-order chi connectivity index (χ0) is 23.8. The fourth-order valence-electron chi connectivity index (χ4n) is 4.16. The van der Waals surface area contributed by atoms with Crippen molar-refractivity contribution in [3.8, 4) is 0 Å². The highest BCUT2D eigenvalue weighted by Crippen LogP contribution is 2.28. The fourth-order valence-corrected chi connectivity index (χ4v) is 4.16. The molecule has 0 spiro atoms. The Labute approximate surface area is 194 Å². The van der Waals surface area contributed by atoms with Gasteiger partial charge in [-0.05, 0) is 37.6 Å². The predicted octanol–water partition coefficient (Wildman–Crippen LogP) is 4.01. The Bertz CT molecular complexity index is 1540. The molecule has 2 aromatic carbocycles. The van der Waals surface area contributed by atoms with Gasteiger partial charge in [-0.3, -0.25) is 9.59 Å². The van der Waals surface area contributed by atoms with Crippen molar-refractivity contribution in [3.63, 3.8) is 0 Å². The maximum absolute atomic E-state index is 13.0. The van der Waals surface area contributed by atoms with Crippen molar-refractivity contribution in [2.75, 3.05) is 5.32 Å². The van der Waals surface area contributed by atoms with E-state index in [4.69, 9.17) is 0 Å². The van der Waals surface area contributed by atoms with E-state index in [1.165, 1.54) is 0 Å². The summed E-state index contributed by atoms with van der Waals surface area (Å²) in [5.74, 6) is -1.19. The first-order valence-electron chi connectivity index (χ1n) is 10.8. The van der Waals surface area contributed by atoms with E-state index in [9.17, 15) is 14.7 Å². The van der Waals surface area contributed by atoms with E-state index in [-0.39, 0.29) is 12.3 Å². The number of fused-ring (bicyclic) bond motifs is 2. The molecule has 9 heteroatoms. The van der Waals surface area contributed by atoms with E-state index in [0.29, 0.717) is 28.1 Å². The number of carbonyl (C=O) groups is 2. The van der Waals surface area contributed by atoms with E-state index in [2.05, 4.69) is 20.4 Å². The van der Waals surface area contributed by atoms with Crippen molar-refractivity contribution in [2.24, 2.45) is 0 Å². The number of nitrogens with one attached hydrogen (secondary N) is 1. The normalized spacial score (nSPS) is 12.2. The van der Waals surface area contributed by atoms with E-state index in [1.807, 2.05) is 60.9 Å². The van der Waals surface area contributed by atoms with Crippen LogP contribution in [0.15, 0.2) is 67.1 Å². The molecule has 0 bridgehead atoms. The van der Waals surface area contributed by atoms with Gasteiger partial charge in [-0.15, -0.1) is 0 Å². The molecule has 3 aromatic heterocycles. The molecule has 0 aliphatic heterocycles. The minimum absolute atomic E-state index is 0.0738. The highest BCUT2D eigenvalue weighted by Gasteiger charge is 2.20. The van der Waals surface area contributed by atoms with E-state index < -0.39 is 12.0 Å². The Kier molecular flexibility index (Phi) is 5.29.